The molecule has 7 N–H and O–H groups in total. The zero-order valence-electron chi connectivity index (χ0n) is 32.2. The SMILES string of the molecule is CCCNC(=O)[C@@H]1CC[C@H](c2nc3c(-c4cn(C)nc4CN(C)C(=O)[C@@H]4CC[C@H](c5nc6c(-c7cnn(C)c7)cnn6c(N)c5Br)CN4)cnn3c(N)c2Br)CN1. The zero-order valence-corrected chi connectivity index (χ0v) is 35.4. The lowest BCUT2D eigenvalue weighted by atomic mass is 9.91. The van der Waals surface area contributed by atoms with Crippen molar-refractivity contribution in [3.05, 3.63) is 57.0 Å². The van der Waals surface area contributed by atoms with E-state index in [0.29, 0.717) is 70.0 Å². The molecule has 6 aromatic heterocycles. The number of amides is 2. The van der Waals surface area contributed by atoms with Crippen LogP contribution in [0.1, 0.15) is 67.9 Å². The second-order valence-corrected chi connectivity index (χ2v) is 16.6. The monoisotopic (exact) mass is 904 g/mol. The Bertz CT molecular complexity index is 2470. The number of rotatable bonds is 10. The van der Waals surface area contributed by atoms with Crippen LogP contribution in [0.15, 0.2) is 39.9 Å². The van der Waals surface area contributed by atoms with Crippen LogP contribution in [0.25, 0.3) is 33.5 Å². The molecule has 0 radical (unpaired) electrons. The summed E-state index contributed by atoms with van der Waals surface area (Å²) in [5.41, 5.74) is 20.1. The van der Waals surface area contributed by atoms with Crippen molar-refractivity contribution in [2.75, 3.05) is 38.1 Å². The van der Waals surface area contributed by atoms with Crippen molar-refractivity contribution >= 4 is 66.6 Å². The summed E-state index contributed by atoms with van der Waals surface area (Å²) in [7, 11) is 5.52. The van der Waals surface area contributed by atoms with E-state index >= 15 is 0 Å². The molecule has 2 aliphatic rings. The molecule has 0 spiro atoms. The van der Waals surface area contributed by atoms with Crippen molar-refractivity contribution in [1.82, 2.24) is 69.6 Å². The zero-order chi connectivity index (χ0) is 40.1. The standard InChI is InChI=1S/C37H46Br2N16O2/c1-5-10-42-36(56)25-8-6-19(11-43-25)31-29(39)33(41)55-35(49-31)23(15-47-55)24-17-53(4)50-27(24)18-51(2)37(57)26-9-7-20(12-44-26)30-28(38)32(40)54-34(48-30)22(14-46-54)21-13-45-52(3)16-21/h13-17,19-20,25-26,43-44H,5-12,18,40-41H2,1-4H3,(H,42,56)/t19-,20-,25-,26-/m0/s1. The van der Waals surface area contributed by atoms with E-state index in [4.69, 9.17) is 26.5 Å². The maximum Gasteiger partial charge on any atom is 0.239 e. The number of nitrogens with two attached hydrogens (primary N) is 2. The van der Waals surface area contributed by atoms with Gasteiger partial charge in [-0.05, 0) is 64.0 Å². The van der Waals surface area contributed by atoms with Gasteiger partial charge in [0.25, 0.3) is 0 Å². The molecule has 4 atom stereocenters. The number of anilines is 2. The Kier molecular flexibility index (Phi) is 10.8. The van der Waals surface area contributed by atoms with Crippen LogP contribution in [0.4, 0.5) is 11.6 Å². The maximum absolute atomic E-state index is 13.9. The van der Waals surface area contributed by atoms with Crippen molar-refractivity contribution in [1.29, 1.82) is 0 Å². The summed E-state index contributed by atoms with van der Waals surface area (Å²) >= 11 is 7.37. The van der Waals surface area contributed by atoms with E-state index in [9.17, 15) is 9.59 Å². The molecule has 0 unspecified atom stereocenters. The number of nitrogens with one attached hydrogen (secondary N) is 3. The van der Waals surface area contributed by atoms with Crippen LogP contribution in [0.2, 0.25) is 0 Å². The summed E-state index contributed by atoms with van der Waals surface area (Å²) in [5, 5.41) is 28.0. The van der Waals surface area contributed by atoms with Gasteiger partial charge in [0.05, 0.1) is 68.8 Å². The Morgan fingerprint density at radius 1 is 0.825 bits per heavy atom. The Labute approximate surface area is 345 Å². The minimum Gasteiger partial charge on any atom is -0.383 e. The molecule has 6 aromatic rings. The Morgan fingerprint density at radius 3 is 1.98 bits per heavy atom. The maximum atomic E-state index is 13.9. The van der Waals surface area contributed by atoms with Gasteiger partial charge < -0.3 is 32.3 Å². The van der Waals surface area contributed by atoms with Gasteiger partial charge in [0.1, 0.15) is 11.6 Å². The third kappa shape index (κ3) is 7.27. The molecule has 2 amide bonds. The van der Waals surface area contributed by atoms with Crippen molar-refractivity contribution in [2.24, 2.45) is 14.1 Å². The van der Waals surface area contributed by atoms with Gasteiger partial charge in [-0.15, -0.1) is 0 Å². The largest absolute Gasteiger partial charge is 0.383 e. The molecule has 2 saturated heterocycles. The number of carbonyl (C=O) groups excluding carboxylic acids is 2. The highest BCUT2D eigenvalue weighted by molar-refractivity contribution is 9.11. The predicted molar refractivity (Wildman–Crippen MR) is 222 cm³/mol. The molecule has 8 heterocycles. The highest BCUT2D eigenvalue weighted by atomic mass is 79.9. The van der Waals surface area contributed by atoms with Gasteiger partial charge in [0.15, 0.2) is 11.3 Å². The molecule has 0 aliphatic carbocycles. The lowest BCUT2D eigenvalue weighted by Crippen LogP contribution is -2.49. The van der Waals surface area contributed by atoms with E-state index in [1.54, 1.807) is 48.9 Å². The highest BCUT2D eigenvalue weighted by Crippen LogP contribution is 2.38. The average Bonchev–Trinajstić information content (AvgIpc) is 4.02. The number of hydrogen-bond acceptors (Lipinski definition) is 12. The first kappa shape index (κ1) is 38.9. The topological polar surface area (TPSA) is 222 Å². The number of piperidine rings is 2. The van der Waals surface area contributed by atoms with Crippen molar-refractivity contribution in [3.8, 4) is 22.3 Å². The number of aromatic nitrogens is 10. The Balaban J connectivity index is 0.968. The molecule has 18 nitrogen and oxygen atoms in total. The number of nitrogen functional groups attached to an aromatic ring is 2. The number of fused-ring (bicyclic) bond motifs is 2. The second kappa shape index (κ2) is 15.8. The van der Waals surface area contributed by atoms with Crippen LogP contribution < -0.4 is 27.4 Å². The number of carbonyl (C=O) groups is 2. The second-order valence-electron chi connectivity index (χ2n) is 15.0. The van der Waals surface area contributed by atoms with E-state index in [2.05, 4.69) is 63.1 Å². The molecule has 2 aliphatic heterocycles. The molecule has 0 saturated carbocycles. The first-order chi connectivity index (χ1) is 27.4. The van der Waals surface area contributed by atoms with Gasteiger partial charge in [0.2, 0.25) is 11.8 Å². The normalized spacial score (nSPS) is 20.0. The third-order valence-electron chi connectivity index (χ3n) is 11.0. The van der Waals surface area contributed by atoms with Crippen LogP contribution in [0, 0.1) is 0 Å². The molecular weight excluding hydrogens is 860 g/mol. The number of halogens is 2. The first-order valence-electron chi connectivity index (χ1n) is 19.1. The van der Waals surface area contributed by atoms with E-state index in [0.717, 1.165) is 52.9 Å². The van der Waals surface area contributed by atoms with E-state index in [1.165, 1.54) is 0 Å². The van der Waals surface area contributed by atoms with Crippen molar-refractivity contribution in [2.45, 2.75) is 69.5 Å². The highest BCUT2D eigenvalue weighted by Gasteiger charge is 2.33. The quantitative estimate of drug-likeness (QED) is 0.134. The van der Waals surface area contributed by atoms with Gasteiger partial charge in [-0.3, -0.25) is 19.0 Å². The average molecular weight is 907 g/mol. The summed E-state index contributed by atoms with van der Waals surface area (Å²) < 4.78 is 8.12. The molecule has 2 fully saturated rings. The van der Waals surface area contributed by atoms with Crippen LogP contribution in [-0.4, -0.2) is 104 Å². The molecule has 0 aromatic carbocycles. The fraction of sp³-hybridized carbons (Fsp3) is 0.459. The third-order valence-corrected chi connectivity index (χ3v) is 12.7. The van der Waals surface area contributed by atoms with E-state index in [-0.39, 0.29) is 42.3 Å². The van der Waals surface area contributed by atoms with Gasteiger partial charge in [-0.2, -0.15) is 29.4 Å². The van der Waals surface area contributed by atoms with Crippen molar-refractivity contribution < 1.29 is 9.59 Å². The van der Waals surface area contributed by atoms with Crippen molar-refractivity contribution in [3.63, 3.8) is 0 Å². The fourth-order valence-corrected chi connectivity index (χ4v) is 9.11. The lowest BCUT2D eigenvalue weighted by Gasteiger charge is -2.32. The van der Waals surface area contributed by atoms with Gasteiger partial charge in [-0.1, -0.05) is 6.92 Å². The molecule has 20 heteroatoms. The first-order valence-corrected chi connectivity index (χ1v) is 20.7. The smallest absolute Gasteiger partial charge is 0.239 e. The minimum absolute atomic E-state index is 0.0247. The van der Waals surface area contributed by atoms with Crippen LogP contribution in [0.3, 0.4) is 0 Å². The lowest BCUT2D eigenvalue weighted by molar-refractivity contribution is -0.133. The van der Waals surface area contributed by atoms with Crippen LogP contribution >= 0.6 is 31.9 Å². The number of aryl methyl sites for hydroxylation is 2. The van der Waals surface area contributed by atoms with Gasteiger partial charge in [-0.25, -0.2) is 9.97 Å². The fourth-order valence-electron chi connectivity index (χ4n) is 7.95. The molecule has 8 rings (SSSR count). The van der Waals surface area contributed by atoms with Gasteiger partial charge in [0, 0.05) is 81.7 Å². The molecular formula is C37H46Br2N16O2. The summed E-state index contributed by atoms with van der Waals surface area (Å²) in [4.78, 5) is 38.4. The predicted octanol–water partition coefficient (Wildman–Crippen LogP) is 3.12. The summed E-state index contributed by atoms with van der Waals surface area (Å²) in [6, 6.07) is -0.608. The Hall–Kier alpha value is -4.92. The number of likely N-dealkylation sites (N-methyl/N-ethyl adjacent to an activating group) is 1. The van der Waals surface area contributed by atoms with Crippen LogP contribution in [-0.2, 0) is 30.2 Å². The van der Waals surface area contributed by atoms with Crippen LogP contribution in [0.5, 0.6) is 0 Å². The summed E-state index contributed by atoms with van der Waals surface area (Å²) in [6.07, 6.45) is 12.8. The molecule has 57 heavy (non-hydrogen) atoms. The van der Waals surface area contributed by atoms with E-state index in [1.807, 2.05) is 33.4 Å². The Morgan fingerprint density at radius 2 is 1.42 bits per heavy atom. The van der Waals surface area contributed by atoms with E-state index < -0.39 is 0 Å². The summed E-state index contributed by atoms with van der Waals surface area (Å²) in [5.74, 6) is 0.972. The van der Waals surface area contributed by atoms with Gasteiger partial charge >= 0.3 is 0 Å². The minimum atomic E-state index is -0.376. The molecule has 0 bridgehead atoms. The molecule has 300 valence electrons. The number of nitrogens with zero attached hydrogens (tertiary/aromatic N) is 11. The number of hydrogen-bond donors (Lipinski definition) is 5. The summed E-state index contributed by atoms with van der Waals surface area (Å²) in [6.45, 7) is 4.11.